The second-order valence-electron chi connectivity index (χ2n) is 5.49. The first-order valence-corrected chi connectivity index (χ1v) is 7.66. The Morgan fingerprint density at radius 3 is 2.87 bits per heavy atom. The Hall–Kier alpha value is -2.69. The standard InChI is InChI=1S/C18H19N3O2/c1-3-12(2)18(22)21-11-14-10-13-6-4-7-15(16(13)23-14)17-19-8-5-9-20-17/h3-9,14H,10-11H2,1-2H3,(H,21,22)/b12-3+. The Balaban J connectivity index is 1.73. The molecule has 1 N–H and O–H groups in total. The number of aromatic nitrogens is 2. The Labute approximate surface area is 135 Å². The predicted octanol–water partition coefficient (Wildman–Crippen LogP) is 2.53. The molecule has 23 heavy (non-hydrogen) atoms. The lowest BCUT2D eigenvalue weighted by Crippen LogP contribution is -2.34. The van der Waals surface area contributed by atoms with Gasteiger partial charge in [-0.3, -0.25) is 4.79 Å². The Morgan fingerprint density at radius 2 is 2.13 bits per heavy atom. The number of para-hydroxylation sites is 1. The minimum atomic E-state index is -0.0662. The third-order valence-corrected chi connectivity index (χ3v) is 3.92. The van der Waals surface area contributed by atoms with Gasteiger partial charge in [-0.15, -0.1) is 0 Å². The molecular formula is C18H19N3O2. The number of hydrogen-bond donors (Lipinski definition) is 1. The summed E-state index contributed by atoms with van der Waals surface area (Å²) in [6.07, 6.45) is 5.93. The minimum Gasteiger partial charge on any atom is -0.487 e. The lowest BCUT2D eigenvalue weighted by atomic mass is 10.1. The van der Waals surface area contributed by atoms with E-state index in [9.17, 15) is 4.79 Å². The third-order valence-electron chi connectivity index (χ3n) is 3.92. The van der Waals surface area contributed by atoms with Crippen molar-refractivity contribution in [3.05, 3.63) is 53.9 Å². The molecule has 0 fully saturated rings. The SMILES string of the molecule is C/C=C(\C)C(=O)NCC1Cc2cccc(-c3ncccn3)c2O1. The minimum absolute atomic E-state index is 0.0568. The highest BCUT2D eigenvalue weighted by molar-refractivity contribution is 5.92. The van der Waals surface area contributed by atoms with Crippen molar-refractivity contribution in [2.75, 3.05) is 6.54 Å². The molecule has 0 saturated heterocycles. The van der Waals surface area contributed by atoms with Gasteiger partial charge in [-0.05, 0) is 31.5 Å². The van der Waals surface area contributed by atoms with Gasteiger partial charge in [0.05, 0.1) is 12.1 Å². The molecule has 1 aliphatic rings. The highest BCUT2D eigenvalue weighted by Crippen LogP contribution is 2.37. The van der Waals surface area contributed by atoms with Gasteiger partial charge in [0, 0.05) is 24.4 Å². The van der Waals surface area contributed by atoms with Crippen molar-refractivity contribution in [1.82, 2.24) is 15.3 Å². The van der Waals surface area contributed by atoms with E-state index >= 15 is 0 Å². The Kier molecular flexibility index (Phi) is 4.37. The van der Waals surface area contributed by atoms with Gasteiger partial charge in [0.15, 0.2) is 5.82 Å². The number of carbonyl (C=O) groups excluding carboxylic acids is 1. The molecule has 1 amide bonds. The molecule has 3 rings (SSSR count). The lowest BCUT2D eigenvalue weighted by Gasteiger charge is -2.13. The fourth-order valence-corrected chi connectivity index (χ4v) is 2.54. The van der Waals surface area contributed by atoms with Gasteiger partial charge >= 0.3 is 0 Å². The summed E-state index contributed by atoms with van der Waals surface area (Å²) in [5, 5.41) is 2.91. The van der Waals surface area contributed by atoms with Crippen molar-refractivity contribution in [3.63, 3.8) is 0 Å². The predicted molar refractivity (Wildman–Crippen MR) is 88.0 cm³/mol. The van der Waals surface area contributed by atoms with Gasteiger partial charge in [-0.2, -0.15) is 0 Å². The highest BCUT2D eigenvalue weighted by Gasteiger charge is 2.26. The van der Waals surface area contributed by atoms with Gasteiger partial charge in [0.25, 0.3) is 0 Å². The molecule has 5 heteroatoms. The smallest absolute Gasteiger partial charge is 0.246 e. The van der Waals surface area contributed by atoms with E-state index in [2.05, 4.69) is 15.3 Å². The number of carbonyl (C=O) groups is 1. The Morgan fingerprint density at radius 1 is 1.35 bits per heavy atom. The van der Waals surface area contributed by atoms with E-state index < -0.39 is 0 Å². The van der Waals surface area contributed by atoms with Crippen LogP contribution in [-0.2, 0) is 11.2 Å². The summed E-state index contributed by atoms with van der Waals surface area (Å²) in [5.74, 6) is 1.41. The molecule has 1 unspecified atom stereocenters. The maximum atomic E-state index is 11.8. The van der Waals surface area contributed by atoms with Crippen LogP contribution in [0.15, 0.2) is 48.3 Å². The molecule has 1 atom stereocenters. The summed E-state index contributed by atoms with van der Waals surface area (Å²) in [6.45, 7) is 4.13. The van der Waals surface area contributed by atoms with Crippen LogP contribution in [-0.4, -0.2) is 28.5 Å². The zero-order chi connectivity index (χ0) is 16.2. The second-order valence-corrected chi connectivity index (χ2v) is 5.49. The monoisotopic (exact) mass is 309 g/mol. The average Bonchev–Trinajstić information content (AvgIpc) is 3.02. The first kappa shape index (κ1) is 15.2. The summed E-state index contributed by atoms with van der Waals surface area (Å²) in [7, 11) is 0. The van der Waals surface area contributed by atoms with Gasteiger partial charge in [0.1, 0.15) is 11.9 Å². The Bertz CT molecular complexity index is 741. The van der Waals surface area contributed by atoms with Gasteiger partial charge in [-0.1, -0.05) is 18.2 Å². The van der Waals surface area contributed by atoms with E-state index in [-0.39, 0.29) is 12.0 Å². The number of nitrogens with one attached hydrogen (secondary N) is 1. The van der Waals surface area contributed by atoms with Crippen molar-refractivity contribution >= 4 is 5.91 Å². The molecule has 1 aliphatic heterocycles. The molecule has 0 spiro atoms. The highest BCUT2D eigenvalue weighted by atomic mass is 16.5. The van der Waals surface area contributed by atoms with Crippen LogP contribution >= 0.6 is 0 Å². The van der Waals surface area contributed by atoms with E-state index in [4.69, 9.17) is 4.74 Å². The normalized spacial score (nSPS) is 16.6. The van der Waals surface area contributed by atoms with Crippen molar-refractivity contribution in [3.8, 4) is 17.1 Å². The summed E-state index contributed by atoms with van der Waals surface area (Å²) < 4.78 is 6.04. The first-order chi connectivity index (χ1) is 11.2. The summed E-state index contributed by atoms with van der Waals surface area (Å²) in [6, 6.07) is 7.77. The van der Waals surface area contributed by atoms with E-state index in [1.807, 2.05) is 25.1 Å². The second kappa shape index (κ2) is 6.60. The maximum absolute atomic E-state index is 11.8. The molecule has 2 aromatic rings. The average molecular weight is 309 g/mol. The molecule has 0 radical (unpaired) electrons. The largest absolute Gasteiger partial charge is 0.487 e. The quantitative estimate of drug-likeness (QED) is 0.882. The molecule has 1 aromatic heterocycles. The number of amides is 1. The van der Waals surface area contributed by atoms with E-state index in [1.54, 1.807) is 31.5 Å². The zero-order valence-electron chi connectivity index (χ0n) is 13.2. The lowest BCUT2D eigenvalue weighted by molar-refractivity contribution is -0.117. The van der Waals surface area contributed by atoms with Crippen molar-refractivity contribution in [2.45, 2.75) is 26.4 Å². The van der Waals surface area contributed by atoms with Crippen LogP contribution in [0.3, 0.4) is 0 Å². The van der Waals surface area contributed by atoms with Crippen molar-refractivity contribution in [1.29, 1.82) is 0 Å². The molecule has 0 aliphatic carbocycles. The molecule has 118 valence electrons. The molecule has 2 heterocycles. The summed E-state index contributed by atoms with van der Waals surface area (Å²) >= 11 is 0. The zero-order valence-corrected chi connectivity index (χ0v) is 13.2. The van der Waals surface area contributed by atoms with Gasteiger partial charge in [0.2, 0.25) is 5.91 Å². The number of hydrogen-bond acceptors (Lipinski definition) is 4. The molecule has 0 saturated carbocycles. The maximum Gasteiger partial charge on any atom is 0.246 e. The van der Waals surface area contributed by atoms with E-state index in [0.29, 0.717) is 17.9 Å². The van der Waals surface area contributed by atoms with Crippen LogP contribution in [0.25, 0.3) is 11.4 Å². The molecule has 5 nitrogen and oxygen atoms in total. The fourth-order valence-electron chi connectivity index (χ4n) is 2.54. The number of fused-ring (bicyclic) bond motifs is 1. The number of rotatable bonds is 4. The van der Waals surface area contributed by atoms with E-state index in [1.165, 1.54) is 0 Å². The van der Waals surface area contributed by atoms with Crippen LogP contribution in [0.2, 0.25) is 0 Å². The molecular weight excluding hydrogens is 290 g/mol. The van der Waals surface area contributed by atoms with Crippen molar-refractivity contribution in [2.24, 2.45) is 0 Å². The summed E-state index contributed by atoms with van der Waals surface area (Å²) in [4.78, 5) is 20.4. The van der Waals surface area contributed by atoms with Crippen LogP contribution < -0.4 is 10.1 Å². The molecule has 1 aromatic carbocycles. The number of nitrogens with zero attached hydrogens (tertiary/aromatic N) is 2. The van der Waals surface area contributed by atoms with Gasteiger partial charge in [-0.25, -0.2) is 9.97 Å². The topological polar surface area (TPSA) is 64.1 Å². The first-order valence-electron chi connectivity index (χ1n) is 7.66. The summed E-state index contributed by atoms with van der Waals surface area (Å²) in [5.41, 5.74) is 2.72. The fraction of sp³-hybridized carbons (Fsp3) is 0.278. The number of allylic oxidation sites excluding steroid dienone is 1. The van der Waals surface area contributed by atoms with Crippen LogP contribution in [0.4, 0.5) is 0 Å². The number of benzene rings is 1. The van der Waals surface area contributed by atoms with E-state index in [0.717, 1.165) is 23.3 Å². The van der Waals surface area contributed by atoms with Crippen LogP contribution in [0, 0.1) is 0 Å². The van der Waals surface area contributed by atoms with Crippen LogP contribution in [0.1, 0.15) is 19.4 Å². The number of ether oxygens (including phenoxy) is 1. The van der Waals surface area contributed by atoms with Gasteiger partial charge < -0.3 is 10.1 Å². The molecule has 0 bridgehead atoms. The third kappa shape index (κ3) is 3.23. The van der Waals surface area contributed by atoms with Crippen molar-refractivity contribution < 1.29 is 9.53 Å². The van der Waals surface area contributed by atoms with Crippen LogP contribution in [0.5, 0.6) is 5.75 Å².